The summed E-state index contributed by atoms with van der Waals surface area (Å²) in [6, 6.07) is 11.9. The summed E-state index contributed by atoms with van der Waals surface area (Å²) in [5.41, 5.74) is 1.51. The number of hydrogen-bond donors (Lipinski definition) is 0. The fraction of sp³-hybridized carbons (Fsp3) is 0.214. The van der Waals surface area contributed by atoms with Gasteiger partial charge in [-0.2, -0.15) is 5.26 Å². The average Bonchev–Trinajstić information content (AvgIpc) is 2.46. The van der Waals surface area contributed by atoms with Gasteiger partial charge >= 0.3 is 0 Å². The van der Waals surface area contributed by atoms with Crippen molar-refractivity contribution in [3.63, 3.8) is 0 Å². The second-order valence-electron chi connectivity index (χ2n) is 4.11. The number of halogens is 1. The Morgan fingerprint density at radius 3 is 2.47 bits per heavy atom. The number of benzene rings is 1. The molecule has 1 heterocycles. The van der Waals surface area contributed by atoms with Crippen LogP contribution in [0.2, 0.25) is 0 Å². The maximum absolute atomic E-state index is 12.8. The Hall–Kier alpha value is -2.48. The SMILES string of the molecule is CN(CCC#N)c1ccc(-c2ccc(F)cc2)nn1. The monoisotopic (exact) mass is 256 g/mol. The van der Waals surface area contributed by atoms with Gasteiger partial charge in [-0.3, -0.25) is 0 Å². The number of nitrogens with zero attached hydrogens (tertiary/aromatic N) is 4. The van der Waals surface area contributed by atoms with E-state index >= 15 is 0 Å². The molecule has 0 radical (unpaired) electrons. The third kappa shape index (κ3) is 3.26. The smallest absolute Gasteiger partial charge is 0.151 e. The van der Waals surface area contributed by atoms with E-state index in [-0.39, 0.29) is 5.82 Å². The van der Waals surface area contributed by atoms with Gasteiger partial charge in [0.05, 0.1) is 18.2 Å². The van der Waals surface area contributed by atoms with Gasteiger partial charge < -0.3 is 4.90 Å². The van der Waals surface area contributed by atoms with Crippen molar-refractivity contribution in [2.24, 2.45) is 0 Å². The molecule has 0 fully saturated rings. The molecule has 0 saturated carbocycles. The normalized spacial score (nSPS) is 9.95. The van der Waals surface area contributed by atoms with E-state index in [1.54, 1.807) is 12.1 Å². The molecule has 0 aliphatic heterocycles. The van der Waals surface area contributed by atoms with Crippen molar-refractivity contribution in [2.45, 2.75) is 6.42 Å². The second kappa shape index (κ2) is 5.91. The minimum absolute atomic E-state index is 0.274. The molecule has 0 aliphatic carbocycles. The molecule has 0 amide bonds. The van der Waals surface area contributed by atoms with E-state index in [9.17, 15) is 4.39 Å². The number of rotatable bonds is 4. The highest BCUT2D eigenvalue weighted by atomic mass is 19.1. The van der Waals surface area contributed by atoms with Gasteiger partial charge in [-0.05, 0) is 36.4 Å². The fourth-order valence-electron chi connectivity index (χ4n) is 1.64. The van der Waals surface area contributed by atoms with E-state index in [1.807, 2.05) is 24.1 Å². The van der Waals surface area contributed by atoms with Crippen molar-refractivity contribution in [3.05, 3.63) is 42.2 Å². The van der Waals surface area contributed by atoms with Gasteiger partial charge in [0, 0.05) is 19.2 Å². The molecule has 19 heavy (non-hydrogen) atoms. The first-order valence-electron chi connectivity index (χ1n) is 5.88. The molecule has 0 unspecified atom stereocenters. The Bertz CT molecular complexity index is 572. The summed E-state index contributed by atoms with van der Waals surface area (Å²) in [5.74, 6) is 0.436. The number of hydrogen-bond acceptors (Lipinski definition) is 4. The Kier molecular flexibility index (Phi) is 4.04. The van der Waals surface area contributed by atoms with Crippen molar-refractivity contribution < 1.29 is 4.39 Å². The van der Waals surface area contributed by atoms with Crippen LogP contribution in [0.4, 0.5) is 10.2 Å². The van der Waals surface area contributed by atoms with E-state index in [0.29, 0.717) is 24.5 Å². The highest BCUT2D eigenvalue weighted by Gasteiger charge is 2.05. The van der Waals surface area contributed by atoms with Crippen LogP contribution in [0, 0.1) is 17.1 Å². The molecule has 0 aliphatic rings. The zero-order valence-electron chi connectivity index (χ0n) is 10.5. The fourth-order valence-corrected chi connectivity index (χ4v) is 1.64. The van der Waals surface area contributed by atoms with Crippen LogP contribution >= 0.6 is 0 Å². The molecule has 1 aromatic carbocycles. The molecule has 0 N–H and O–H groups in total. The highest BCUT2D eigenvalue weighted by Crippen LogP contribution is 2.18. The molecule has 2 aromatic rings. The van der Waals surface area contributed by atoms with E-state index in [1.165, 1.54) is 12.1 Å². The molecule has 5 heteroatoms. The second-order valence-corrected chi connectivity index (χ2v) is 4.11. The van der Waals surface area contributed by atoms with Crippen molar-refractivity contribution in [2.75, 3.05) is 18.5 Å². The summed E-state index contributed by atoms with van der Waals surface area (Å²) in [6.45, 7) is 0.612. The van der Waals surface area contributed by atoms with Crippen LogP contribution in [0.3, 0.4) is 0 Å². The van der Waals surface area contributed by atoms with Crippen molar-refractivity contribution in [1.29, 1.82) is 5.26 Å². The van der Waals surface area contributed by atoms with E-state index < -0.39 is 0 Å². The van der Waals surface area contributed by atoms with Crippen LogP contribution in [-0.2, 0) is 0 Å². The lowest BCUT2D eigenvalue weighted by molar-refractivity contribution is 0.628. The number of nitriles is 1. The van der Waals surface area contributed by atoms with Gasteiger partial charge in [0.2, 0.25) is 0 Å². The molecule has 4 nitrogen and oxygen atoms in total. The van der Waals surface area contributed by atoms with Gasteiger partial charge in [0.1, 0.15) is 5.82 Å². The zero-order valence-corrected chi connectivity index (χ0v) is 10.5. The topological polar surface area (TPSA) is 52.8 Å². The lowest BCUT2D eigenvalue weighted by Crippen LogP contribution is -2.19. The van der Waals surface area contributed by atoms with Crippen LogP contribution < -0.4 is 4.90 Å². The van der Waals surface area contributed by atoms with Crippen molar-refractivity contribution >= 4 is 5.82 Å². The maximum Gasteiger partial charge on any atom is 0.151 e. The van der Waals surface area contributed by atoms with Gasteiger partial charge in [-0.1, -0.05) is 0 Å². The first-order valence-corrected chi connectivity index (χ1v) is 5.88. The van der Waals surface area contributed by atoms with E-state index in [4.69, 9.17) is 5.26 Å². The summed E-state index contributed by atoms with van der Waals surface area (Å²) in [6.07, 6.45) is 0.442. The Morgan fingerprint density at radius 2 is 1.89 bits per heavy atom. The predicted octanol–water partition coefficient (Wildman–Crippen LogP) is 2.63. The number of aromatic nitrogens is 2. The summed E-state index contributed by atoms with van der Waals surface area (Å²) < 4.78 is 12.8. The third-order valence-electron chi connectivity index (χ3n) is 2.74. The molecule has 0 atom stereocenters. The van der Waals surface area contributed by atoms with E-state index in [2.05, 4.69) is 16.3 Å². The maximum atomic E-state index is 12.8. The third-order valence-corrected chi connectivity index (χ3v) is 2.74. The molecule has 1 aromatic heterocycles. The highest BCUT2D eigenvalue weighted by molar-refractivity contribution is 5.59. The molecule has 96 valence electrons. The molecule has 0 saturated heterocycles. The van der Waals surface area contributed by atoms with Gasteiger partial charge in [-0.15, -0.1) is 10.2 Å². The van der Waals surface area contributed by atoms with Gasteiger partial charge in [0.25, 0.3) is 0 Å². The van der Waals surface area contributed by atoms with Gasteiger partial charge in [0.15, 0.2) is 5.82 Å². The lowest BCUT2D eigenvalue weighted by Gasteiger charge is -2.15. The first kappa shape index (κ1) is 13.0. The predicted molar refractivity (Wildman–Crippen MR) is 70.9 cm³/mol. The average molecular weight is 256 g/mol. The van der Waals surface area contributed by atoms with Crippen LogP contribution in [-0.4, -0.2) is 23.8 Å². The van der Waals surface area contributed by atoms with E-state index in [0.717, 1.165) is 5.56 Å². The Morgan fingerprint density at radius 1 is 1.16 bits per heavy atom. The number of anilines is 1. The van der Waals surface area contributed by atoms with Crippen molar-refractivity contribution in [3.8, 4) is 17.3 Å². The summed E-state index contributed by atoms with van der Waals surface area (Å²) >= 11 is 0. The summed E-state index contributed by atoms with van der Waals surface area (Å²) in [7, 11) is 1.86. The summed E-state index contributed by atoms with van der Waals surface area (Å²) in [5, 5.41) is 16.7. The minimum Gasteiger partial charge on any atom is -0.357 e. The largest absolute Gasteiger partial charge is 0.357 e. The van der Waals surface area contributed by atoms with Crippen LogP contribution in [0.1, 0.15) is 6.42 Å². The quantitative estimate of drug-likeness (QED) is 0.843. The zero-order chi connectivity index (χ0) is 13.7. The molecule has 0 bridgehead atoms. The van der Waals surface area contributed by atoms with Gasteiger partial charge in [-0.25, -0.2) is 4.39 Å². The van der Waals surface area contributed by atoms with Crippen LogP contribution in [0.15, 0.2) is 36.4 Å². The van der Waals surface area contributed by atoms with Crippen LogP contribution in [0.5, 0.6) is 0 Å². The Balaban J connectivity index is 2.14. The first-order chi connectivity index (χ1) is 9.20. The van der Waals surface area contributed by atoms with Crippen molar-refractivity contribution in [1.82, 2.24) is 10.2 Å². The molecular formula is C14H13FN4. The van der Waals surface area contributed by atoms with Crippen LogP contribution in [0.25, 0.3) is 11.3 Å². The Labute approximate surface area is 111 Å². The summed E-state index contributed by atoms with van der Waals surface area (Å²) in [4.78, 5) is 1.87. The minimum atomic E-state index is -0.274. The standard InChI is InChI=1S/C14H13FN4/c1-19(10-2-9-16)14-8-7-13(17-18-14)11-3-5-12(15)6-4-11/h3-8H,2,10H2,1H3. The molecule has 0 spiro atoms. The molecular weight excluding hydrogens is 243 g/mol. The molecule has 2 rings (SSSR count). The lowest BCUT2D eigenvalue weighted by atomic mass is 10.1.